The Morgan fingerprint density at radius 1 is 1.48 bits per heavy atom. The van der Waals surface area contributed by atoms with E-state index in [-0.39, 0.29) is 31.7 Å². The van der Waals surface area contributed by atoms with Crippen LogP contribution in [0.1, 0.15) is 22.0 Å². The molecule has 176 valence electrons. The fraction of sp³-hybridized carbons (Fsp3) is 0.423. The number of hydrogen-bond acceptors (Lipinski definition) is 6. The van der Waals surface area contributed by atoms with E-state index in [1.165, 1.54) is 4.88 Å². The van der Waals surface area contributed by atoms with Crippen LogP contribution in [-0.2, 0) is 16.0 Å². The highest BCUT2D eigenvalue weighted by molar-refractivity contribution is 7.10. The van der Waals surface area contributed by atoms with Crippen LogP contribution < -0.4 is 4.74 Å². The molecule has 1 aromatic carbocycles. The second kappa shape index (κ2) is 12.6. The number of carbonyl (C=O) groups is 1. The number of fused-ring (bicyclic) bond motifs is 1. The molecule has 0 unspecified atom stereocenters. The third kappa shape index (κ3) is 7.18. The van der Waals surface area contributed by atoms with E-state index in [2.05, 4.69) is 23.9 Å². The summed E-state index contributed by atoms with van der Waals surface area (Å²) in [6, 6.07) is 9.88. The van der Waals surface area contributed by atoms with Gasteiger partial charge in [0.05, 0.1) is 25.3 Å². The van der Waals surface area contributed by atoms with Crippen molar-refractivity contribution >= 4 is 17.2 Å². The number of rotatable bonds is 12. The van der Waals surface area contributed by atoms with Crippen molar-refractivity contribution in [3.8, 4) is 18.1 Å². The van der Waals surface area contributed by atoms with E-state index in [1.54, 1.807) is 17.4 Å². The number of thiophene rings is 1. The number of benzene rings is 1. The third-order valence-electron chi connectivity index (χ3n) is 5.52. The Balaban J connectivity index is 1.68. The number of carbonyl (C=O) groups excluding carboxylic acids is 1. The summed E-state index contributed by atoms with van der Waals surface area (Å²) in [5.74, 6) is 3.18. The molecule has 0 saturated heterocycles. The smallest absolute Gasteiger partial charge is 0.237 e. The number of aliphatic hydroxyl groups is 1. The molecule has 0 bridgehead atoms. The zero-order valence-corrected chi connectivity index (χ0v) is 19.9. The average Bonchev–Trinajstić information content (AvgIpc) is 3.27. The van der Waals surface area contributed by atoms with Crippen LogP contribution in [0.25, 0.3) is 0 Å². The highest BCUT2D eigenvalue weighted by atomic mass is 32.1. The molecule has 0 spiro atoms. The van der Waals surface area contributed by atoms with Crippen molar-refractivity contribution in [3.05, 3.63) is 64.4 Å². The van der Waals surface area contributed by atoms with Crippen LogP contribution in [0.2, 0.25) is 0 Å². The van der Waals surface area contributed by atoms with Crippen LogP contribution >= 0.6 is 11.3 Å². The quantitative estimate of drug-likeness (QED) is 0.295. The average molecular weight is 469 g/mol. The van der Waals surface area contributed by atoms with Crippen molar-refractivity contribution in [2.45, 2.75) is 25.5 Å². The summed E-state index contributed by atoms with van der Waals surface area (Å²) in [7, 11) is 0. The van der Waals surface area contributed by atoms with Gasteiger partial charge < -0.3 is 19.5 Å². The lowest BCUT2D eigenvalue weighted by Gasteiger charge is -2.37. The molecule has 1 N–H and O–H groups in total. The Kier molecular flexibility index (Phi) is 9.52. The van der Waals surface area contributed by atoms with Gasteiger partial charge in [-0.25, -0.2) is 0 Å². The van der Waals surface area contributed by atoms with E-state index in [0.29, 0.717) is 26.2 Å². The van der Waals surface area contributed by atoms with Crippen LogP contribution in [0.3, 0.4) is 0 Å². The molecule has 0 aliphatic carbocycles. The number of ether oxygens (including phenoxy) is 2. The van der Waals surface area contributed by atoms with Crippen molar-refractivity contribution in [3.63, 3.8) is 0 Å². The zero-order valence-electron chi connectivity index (χ0n) is 19.1. The van der Waals surface area contributed by atoms with Gasteiger partial charge in [0.25, 0.3) is 0 Å². The number of amides is 1. The largest absolute Gasteiger partial charge is 0.491 e. The topological polar surface area (TPSA) is 62.2 Å². The van der Waals surface area contributed by atoms with Crippen molar-refractivity contribution in [1.82, 2.24) is 9.80 Å². The van der Waals surface area contributed by atoms with Crippen molar-refractivity contribution < 1.29 is 19.4 Å². The minimum absolute atomic E-state index is 0.00304. The summed E-state index contributed by atoms with van der Waals surface area (Å²) < 4.78 is 11.3. The molecule has 0 saturated carbocycles. The summed E-state index contributed by atoms with van der Waals surface area (Å²) in [6.07, 6.45) is 7.01. The van der Waals surface area contributed by atoms with Crippen LogP contribution in [-0.4, -0.2) is 72.9 Å². The standard InChI is InChI=1S/C26H32N2O4S/c1-4-11-27(16-21(29)18-31-13-5-2)17-26(30)28-12-9-25-23(10-14-33-25)24(28)19-32-22-8-6-7-20(3)15-22/h2,4,6-8,10,14-15,21,24,29H,1,9,11-13,16-19H2,3H3/t21-,24+/m1/s1. The molecular weight excluding hydrogens is 436 g/mol. The van der Waals surface area contributed by atoms with Gasteiger partial charge in [0.15, 0.2) is 0 Å². The van der Waals surface area contributed by atoms with Gasteiger partial charge in [0.1, 0.15) is 19.0 Å². The van der Waals surface area contributed by atoms with E-state index >= 15 is 0 Å². The van der Waals surface area contributed by atoms with Crippen LogP contribution in [0.4, 0.5) is 0 Å². The number of aliphatic hydroxyl groups excluding tert-OH is 1. The molecule has 7 heteroatoms. The molecular formula is C26H32N2O4S. The second-order valence-corrected chi connectivity index (χ2v) is 9.14. The molecule has 1 aliphatic heterocycles. The maximum atomic E-state index is 13.4. The molecule has 0 radical (unpaired) electrons. The van der Waals surface area contributed by atoms with E-state index in [4.69, 9.17) is 15.9 Å². The summed E-state index contributed by atoms with van der Waals surface area (Å²) in [5, 5.41) is 12.3. The maximum Gasteiger partial charge on any atom is 0.237 e. The number of aryl methyl sites for hydroxylation is 1. The predicted octanol–water partition coefficient (Wildman–Crippen LogP) is 3.06. The van der Waals surface area contributed by atoms with E-state index < -0.39 is 6.10 Å². The molecule has 2 aromatic rings. The number of hydrogen-bond donors (Lipinski definition) is 1. The van der Waals surface area contributed by atoms with Crippen LogP contribution in [0, 0.1) is 19.3 Å². The summed E-state index contributed by atoms with van der Waals surface area (Å²) in [6.45, 7) is 8.09. The number of terminal acetylenes is 1. The zero-order chi connectivity index (χ0) is 23.6. The minimum Gasteiger partial charge on any atom is -0.491 e. The van der Waals surface area contributed by atoms with Gasteiger partial charge in [-0.2, -0.15) is 0 Å². The summed E-state index contributed by atoms with van der Waals surface area (Å²) in [4.78, 5) is 18.5. The Morgan fingerprint density at radius 2 is 2.33 bits per heavy atom. The molecule has 1 aliphatic rings. The maximum absolute atomic E-state index is 13.4. The number of nitrogens with zero attached hydrogens (tertiary/aromatic N) is 2. The highest BCUT2D eigenvalue weighted by Crippen LogP contribution is 2.34. The van der Waals surface area contributed by atoms with Gasteiger partial charge in [-0.1, -0.05) is 24.1 Å². The molecule has 0 fully saturated rings. The Bertz CT molecular complexity index is 967. The summed E-state index contributed by atoms with van der Waals surface area (Å²) in [5.41, 5.74) is 2.29. The lowest BCUT2D eigenvalue weighted by atomic mass is 10.0. The first kappa shape index (κ1) is 25.0. The SMILES string of the molecule is C#CCOC[C@H](O)CN(CC=C)CC(=O)N1CCc2sccc2[C@@H]1COc1cccc(C)c1. The van der Waals surface area contributed by atoms with Gasteiger partial charge in [0.2, 0.25) is 5.91 Å². The molecule has 6 nitrogen and oxygen atoms in total. The minimum atomic E-state index is -0.739. The molecule has 1 aromatic heterocycles. The van der Waals surface area contributed by atoms with Crippen molar-refractivity contribution in [2.75, 3.05) is 46.0 Å². The molecule has 33 heavy (non-hydrogen) atoms. The molecule has 2 heterocycles. The Morgan fingerprint density at radius 3 is 3.09 bits per heavy atom. The monoisotopic (exact) mass is 468 g/mol. The first-order chi connectivity index (χ1) is 16.0. The van der Waals surface area contributed by atoms with Gasteiger partial charge >= 0.3 is 0 Å². The van der Waals surface area contributed by atoms with Gasteiger partial charge in [-0.15, -0.1) is 24.3 Å². The lowest BCUT2D eigenvalue weighted by Crippen LogP contribution is -2.48. The first-order valence-corrected chi connectivity index (χ1v) is 12.0. The molecule has 3 rings (SSSR count). The van der Waals surface area contributed by atoms with Gasteiger partial charge in [0, 0.05) is 24.5 Å². The Hall–Kier alpha value is -2.63. The van der Waals surface area contributed by atoms with Crippen molar-refractivity contribution in [2.24, 2.45) is 0 Å². The summed E-state index contributed by atoms with van der Waals surface area (Å²) >= 11 is 1.73. The third-order valence-corrected chi connectivity index (χ3v) is 6.52. The Labute approximate surface area is 200 Å². The normalized spacial score (nSPS) is 16.2. The van der Waals surface area contributed by atoms with E-state index in [0.717, 1.165) is 23.3 Å². The second-order valence-electron chi connectivity index (χ2n) is 8.14. The fourth-order valence-electron chi connectivity index (χ4n) is 4.03. The van der Waals surface area contributed by atoms with Gasteiger partial charge in [-0.3, -0.25) is 9.69 Å². The van der Waals surface area contributed by atoms with E-state index in [9.17, 15) is 9.90 Å². The predicted molar refractivity (Wildman–Crippen MR) is 131 cm³/mol. The molecule has 2 atom stereocenters. The van der Waals surface area contributed by atoms with Gasteiger partial charge in [-0.05, 0) is 48.1 Å². The highest BCUT2D eigenvalue weighted by Gasteiger charge is 2.33. The first-order valence-electron chi connectivity index (χ1n) is 11.1. The van der Waals surface area contributed by atoms with Crippen LogP contribution in [0.5, 0.6) is 5.75 Å². The van der Waals surface area contributed by atoms with Crippen molar-refractivity contribution in [1.29, 1.82) is 0 Å². The lowest BCUT2D eigenvalue weighted by molar-refractivity contribution is -0.136. The van der Waals surface area contributed by atoms with Crippen LogP contribution in [0.15, 0.2) is 48.4 Å². The van der Waals surface area contributed by atoms with E-state index in [1.807, 2.05) is 41.0 Å². The molecule has 1 amide bonds. The fourth-order valence-corrected chi connectivity index (χ4v) is 4.96.